The SMILES string of the molecule is COc1ccc(CSc2nc3cnccn3n2)cc1. The summed E-state index contributed by atoms with van der Waals surface area (Å²) in [6.07, 6.45) is 5.18. The molecule has 3 rings (SSSR count). The van der Waals surface area contributed by atoms with Crippen molar-refractivity contribution in [1.29, 1.82) is 0 Å². The average molecular weight is 272 g/mol. The van der Waals surface area contributed by atoms with Gasteiger partial charge in [-0.2, -0.15) is 4.98 Å². The van der Waals surface area contributed by atoms with E-state index in [2.05, 4.69) is 15.1 Å². The van der Waals surface area contributed by atoms with Gasteiger partial charge in [-0.3, -0.25) is 4.98 Å². The van der Waals surface area contributed by atoms with Gasteiger partial charge in [0.2, 0.25) is 5.16 Å². The summed E-state index contributed by atoms with van der Waals surface area (Å²) >= 11 is 1.60. The van der Waals surface area contributed by atoms with Gasteiger partial charge in [-0.25, -0.2) is 4.52 Å². The minimum Gasteiger partial charge on any atom is -0.497 e. The predicted octanol–water partition coefficient (Wildman–Crippen LogP) is 2.43. The van der Waals surface area contributed by atoms with E-state index in [1.807, 2.05) is 24.3 Å². The first kappa shape index (κ1) is 12.0. The molecule has 0 saturated heterocycles. The zero-order valence-electron chi connectivity index (χ0n) is 10.4. The van der Waals surface area contributed by atoms with Gasteiger partial charge in [0, 0.05) is 18.1 Å². The largest absolute Gasteiger partial charge is 0.497 e. The first-order valence-corrected chi connectivity index (χ1v) is 6.76. The van der Waals surface area contributed by atoms with Crippen molar-refractivity contribution in [3.05, 3.63) is 48.4 Å². The molecule has 0 aliphatic heterocycles. The maximum atomic E-state index is 5.13. The van der Waals surface area contributed by atoms with Crippen molar-refractivity contribution in [2.24, 2.45) is 0 Å². The lowest BCUT2D eigenvalue weighted by atomic mass is 10.2. The summed E-state index contributed by atoms with van der Waals surface area (Å²) in [4.78, 5) is 8.41. The summed E-state index contributed by atoms with van der Waals surface area (Å²) in [5.41, 5.74) is 1.97. The van der Waals surface area contributed by atoms with Gasteiger partial charge in [-0.15, -0.1) is 5.10 Å². The van der Waals surface area contributed by atoms with Crippen LogP contribution in [0.2, 0.25) is 0 Å². The molecule has 0 bridgehead atoms. The second-order valence-corrected chi connectivity index (χ2v) is 4.85. The fourth-order valence-electron chi connectivity index (χ4n) is 1.65. The lowest BCUT2D eigenvalue weighted by molar-refractivity contribution is 0.414. The van der Waals surface area contributed by atoms with Crippen molar-refractivity contribution in [2.45, 2.75) is 10.9 Å². The molecule has 96 valence electrons. The number of nitrogens with zero attached hydrogens (tertiary/aromatic N) is 4. The van der Waals surface area contributed by atoms with Gasteiger partial charge in [0.1, 0.15) is 5.75 Å². The van der Waals surface area contributed by atoms with Crippen LogP contribution in [0.1, 0.15) is 5.56 Å². The fourth-order valence-corrected chi connectivity index (χ4v) is 2.45. The summed E-state index contributed by atoms with van der Waals surface area (Å²) in [7, 11) is 1.67. The Hall–Kier alpha value is -2.08. The van der Waals surface area contributed by atoms with Gasteiger partial charge in [0.05, 0.1) is 13.3 Å². The van der Waals surface area contributed by atoms with E-state index in [0.29, 0.717) is 0 Å². The highest BCUT2D eigenvalue weighted by atomic mass is 32.2. The molecule has 19 heavy (non-hydrogen) atoms. The maximum absolute atomic E-state index is 5.13. The van der Waals surface area contributed by atoms with Gasteiger partial charge in [0.25, 0.3) is 0 Å². The molecule has 0 atom stereocenters. The Morgan fingerprint density at radius 1 is 1.26 bits per heavy atom. The van der Waals surface area contributed by atoms with E-state index >= 15 is 0 Å². The summed E-state index contributed by atoms with van der Waals surface area (Å²) in [5.74, 6) is 1.69. The lowest BCUT2D eigenvalue weighted by Crippen LogP contribution is -1.86. The molecule has 6 heteroatoms. The van der Waals surface area contributed by atoms with Crippen LogP contribution in [0.3, 0.4) is 0 Å². The first-order valence-electron chi connectivity index (χ1n) is 5.77. The monoisotopic (exact) mass is 272 g/mol. The van der Waals surface area contributed by atoms with Gasteiger partial charge in [-0.1, -0.05) is 23.9 Å². The molecule has 1 aromatic carbocycles. The number of hydrogen-bond acceptors (Lipinski definition) is 5. The Bertz CT molecular complexity index is 647. The smallest absolute Gasteiger partial charge is 0.209 e. The number of hydrogen-bond donors (Lipinski definition) is 0. The summed E-state index contributed by atoms with van der Waals surface area (Å²) in [6.45, 7) is 0. The summed E-state index contributed by atoms with van der Waals surface area (Å²) < 4.78 is 6.86. The lowest BCUT2D eigenvalue weighted by Gasteiger charge is -2.01. The van der Waals surface area contributed by atoms with E-state index in [1.165, 1.54) is 5.56 Å². The molecular weight excluding hydrogens is 260 g/mol. The molecule has 5 nitrogen and oxygen atoms in total. The predicted molar refractivity (Wildman–Crippen MR) is 73.3 cm³/mol. The third-order valence-corrected chi connectivity index (χ3v) is 3.56. The maximum Gasteiger partial charge on any atom is 0.209 e. The van der Waals surface area contributed by atoms with Gasteiger partial charge >= 0.3 is 0 Å². The Labute approximate surface area is 114 Å². The minimum atomic E-state index is 0.754. The molecule has 0 aliphatic rings. The second-order valence-electron chi connectivity index (χ2n) is 3.91. The molecular formula is C13H12N4OS. The molecule has 0 unspecified atom stereocenters. The van der Waals surface area contributed by atoms with Crippen molar-refractivity contribution in [1.82, 2.24) is 19.6 Å². The summed E-state index contributed by atoms with van der Waals surface area (Å²) in [6, 6.07) is 8.00. The average Bonchev–Trinajstić information content (AvgIpc) is 2.88. The molecule has 2 aromatic heterocycles. The van der Waals surface area contributed by atoms with Crippen LogP contribution in [0.5, 0.6) is 5.75 Å². The van der Waals surface area contributed by atoms with E-state index < -0.39 is 0 Å². The number of ether oxygens (including phenoxy) is 1. The number of benzene rings is 1. The number of fused-ring (bicyclic) bond motifs is 1. The van der Waals surface area contributed by atoms with E-state index in [1.54, 1.807) is 42.0 Å². The van der Waals surface area contributed by atoms with Crippen molar-refractivity contribution in [3.63, 3.8) is 0 Å². The molecule has 0 spiro atoms. The van der Waals surface area contributed by atoms with Gasteiger partial charge < -0.3 is 4.74 Å². The first-order chi connectivity index (χ1) is 9.35. The molecule has 2 heterocycles. The van der Waals surface area contributed by atoms with Crippen LogP contribution in [0, 0.1) is 0 Å². The van der Waals surface area contributed by atoms with Crippen LogP contribution >= 0.6 is 11.8 Å². The van der Waals surface area contributed by atoms with Crippen molar-refractivity contribution < 1.29 is 4.74 Å². The summed E-state index contributed by atoms with van der Waals surface area (Å²) in [5, 5.41) is 5.12. The van der Waals surface area contributed by atoms with Crippen LogP contribution in [-0.2, 0) is 5.75 Å². The Balaban J connectivity index is 1.70. The third kappa shape index (κ3) is 2.68. The van der Waals surface area contributed by atoms with E-state index in [-0.39, 0.29) is 0 Å². The van der Waals surface area contributed by atoms with Gasteiger partial charge in [0.15, 0.2) is 5.65 Å². The van der Waals surface area contributed by atoms with E-state index in [4.69, 9.17) is 4.74 Å². The standard InChI is InChI=1S/C13H12N4OS/c1-18-11-4-2-10(3-5-11)9-19-13-15-12-8-14-6-7-17(12)16-13/h2-8H,9H2,1H3. The fraction of sp³-hybridized carbons (Fsp3) is 0.154. The normalized spacial score (nSPS) is 10.8. The topological polar surface area (TPSA) is 52.3 Å². The zero-order valence-corrected chi connectivity index (χ0v) is 11.2. The van der Waals surface area contributed by atoms with Crippen LogP contribution < -0.4 is 4.74 Å². The highest BCUT2D eigenvalue weighted by molar-refractivity contribution is 7.98. The number of methoxy groups -OCH3 is 1. The highest BCUT2D eigenvalue weighted by Gasteiger charge is 2.04. The molecule has 0 aliphatic carbocycles. The quantitative estimate of drug-likeness (QED) is 0.683. The van der Waals surface area contributed by atoms with E-state index in [0.717, 1.165) is 22.3 Å². The number of rotatable bonds is 4. The Kier molecular flexibility index (Phi) is 3.33. The van der Waals surface area contributed by atoms with Crippen LogP contribution in [0.25, 0.3) is 5.65 Å². The zero-order chi connectivity index (χ0) is 13.1. The molecule has 0 radical (unpaired) electrons. The third-order valence-electron chi connectivity index (χ3n) is 2.65. The molecule has 0 amide bonds. The number of thioether (sulfide) groups is 1. The Morgan fingerprint density at radius 2 is 2.11 bits per heavy atom. The highest BCUT2D eigenvalue weighted by Crippen LogP contribution is 2.21. The molecule has 0 fully saturated rings. The van der Waals surface area contributed by atoms with E-state index in [9.17, 15) is 0 Å². The van der Waals surface area contributed by atoms with Crippen LogP contribution in [-0.4, -0.2) is 26.7 Å². The minimum absolute atomic E-state index is 0.754. The molecule has 0 saturated carbocycles. The van der Waals surface area contributed by atoms with Crippen molar-refractivity contribution in [3.8, 4) is 5.75 Å². The Morgan fingerprint density at radius 3 is 2.84 bits per heavy atom. The molecule has 3 aromatic rings. The van der Waals surface area contributed by atoms with Crippen molar-refractivity contribution in [2.75, 3.05) is 7.11 Å². The van der Waals surface area contributed by atoms with Crippen LogP contribution in [0.4, 0.5) is 0 Å². The van der Waals surface area contributed by atoms with Crippen molar-refractivity contribution >= 4 is 17.4 Å². The van der Waals surface area contributed by atoms with Gasteiger partial charge in [-0.05, 0) is 17.7 Å². The molecule has 0 N–H and O–H groups in total. The second kappa shape index (κ2) is 5.27. The number of aromatic nitrogens is 4. The van der Waals surface area contributed by atoms with Crippen LogP contribution in [0.15, 0.2) is 48.0 Å².